The van der Waals surface area contributed by atoms with Crippen LogP contribution in [0.15, 0.2) is 12.2 Å². The van der Waals surface area contributed by atoms with Gasteiger partial charge in [0.1, 0.15) is 0 Å². The molecule has 3 N–H and O–H groups in total. The number of hydrogen-bond acceptors (Lipinski definition) is 5. The maximum absolute atomic E-state index is 10.2. The fraction of sp³-hybridized carbons (Fsp3) is 0.833. The van der Waals surface area contributed by atoms with Gasteiger partial charge in [-0.3, -0.25) is 0 Å². The molecule has 0 radical (unpaired) electrons. The second-order valence-electron chi connectivity index (χ2n) is 6.30. The highest BCUT2D eigenvalue weighted by Crippen LogP contribution is 2.11. The maximum Gasteiger partial charge on any atom is 0.0833 e. The average molecular weight is 329 g/mol. The third kappa shape index (κ3) is 15.8. The van der Waals surface area contributed by atoms with Crippen molar-refractivity contribution in [1.82, 2.24) is 0 Å². The van der Waals surface area contributed by atoms with Gasteiger partial charge >= 0.3 is 0 Å². The zero-order valence-corrected chi connectivity index (χ0v) is 14.3. The molecule has 0 spiro atoms. The monoisotopic (exact) mass is 329 g/mol. The van der Waals surface area contributed by atoms with E-state index in [1.807, 2.05) is 12.2 Å². The number of allylic oxidation sites excluding steroid dienone is 1. The second kappa shape index (κ2) is 14.7. The van der Waals surface area contributed by atoms with Crippen LogP contribution in [0.4, 0.5) is 0 Å². The second-order valence-corrected chi connectivity index (χ2v) is 6.30. The highest BCUT2D eigenvalue weighted by Gasteiger charge is 2.14. The van der Waals surface area contributed by atoms with Gasteiger partial charge in [0.25, 0.3) is 0 Å². The highest BCUT2D eigenvalue weighted by atomic mass is 16.4. The number of aliphatic hydroxyl groups excluding tert-OH is 3. The Morgan fingerprint density at radius 2 is 1.57 bits per heavy atom. The summed E-state index contributed by atoms with van der Waals surface area (Å²) in [6.07, 6.45) is 10.2. The Kier molecular flexibility index (Phi) is 14.1. The largest absolute Gasteiger partial charge is 0.550 e. The topological polar surface area (TPSA) is 101 Å². The first-order valence-corrected chi connectivity index (χ1v) is 8.82. The van der Waals surface area contributed by atoms with E-state index >= 15 is 0 Å². The molecule has 23 heavy (non-hydrogen) atoms. The molecule has 0 saturated heterocycles. The first-order chi connectivity index (χ1) is 10.9. The fourth-order valence-electron chi connectivity index (χ4n) is 2.39. The van der Waals surface area contributed by atoms with Crippen molar-refractivity contribution in [2.45, 2.75) is 95.9 Å². The number of unbranched alkanes of at least 4 members (excludes halogenated alkanes) is 5. The summed E-state index contributed by atoms with van der Waals surface area (Å²) >= 11 is 0. The van der Waals surface area contributed by atoms with E-state index in [4.69, 9.17) is 5.11 Å². The molecule has 0 fully saturated rings. The van der Waals surface area contributed by atoms with Crippen LogP contribution in [-0.2, 0) is 4.79 Å². The summed E-state index contributed by atoms with van der Waals surface area (Å²) < 4.78 is 0. The molecular weight excluding hydrogens is 296 g/mol. The van der Waals surface area contributed by atoms with E-state index in [9.17, 15) is 20.1 Å². The van der Waals surface area contributed by atoms with Crippen molar-refractivity contribution >= 4 is 5.97 Å². The van der Waals surface area contributed by atoms with Gasteiger partial charge in [-0.05, 0) is 58.3 Å². The van der Waals surface area contributed by atoms with Crippen molar-refractivity contribution in [3.8, 4) is 0 Å². The minimum absolute atomic E-state index is 0.150. The number of aliphatic carboxylic acids is 1. The number of carbonyl (C=O) groups is 1. The van der Waals surface area contributed by atoms with Crippen molar-refractivity contribution < 1.29 is 25.2 Å². The highest BCUT2D eigenvalue weighted by molar-refractivity contribution is 5.63. The molecular formula is C18H33O5-. The number of rotatable bonds is 15. The van der Waals surface area contributed by atoms with Crippen LogP contribution in [0.3, 0.4) is 0 Å². The van der Waals surface area contributed by atoms with E-state index in [1.54, 1.807) is 6.92 Å². The zero-order chi connectivity index (χ0) is 17.5. The fourth-order valence-corrected chi connectivity index (χ4v) is 2.39. The molecule has 0 aromatic carbocycles. The summed E-state index contributed by atoms with van der Waals surface area (Å²) in [5.41, 5.74) is 0. The first kappa shape index (κ1) is 22.1. The molecule has 0 amide bonds. The lowest BCUT2D eigenvalue weighted by atomic mass is 10.0. The van der Waals surface area contributed by atoms with Crippen LogP contribution in [0.1, 0.15) is 77.6 Å². The summed E-state index contributed by atoms with van der Waals surface area (Å²) in [7, 11) is 0. The molecule has 3 atom stereocenters. The molecule has 5 nitrogen and oxygen atoms in total. The molecule has 0 aromatic rings. The Labute approximate surface area is 140 Å². The summed E-state index contributed by atoms with van der Waals surface area (Å²) in [6, 6.07) is 0. The summed E-state index contributed by atoms with van der Waals surface area (Å²) in [6.45, 7) is 1.72. The van der Waals surface area contributed by atoms with E-state index in [-0.39, 0.29) is 12.5 Å². The molecule has 5 heteroatoms. The van der Waals surface area contributed by atoms with E-state index in [0.717, 1.165) is 32.1 Å². The van der Waals surface area contributed by atoms with Gasteiger partial charge in [-0.2, -0.15) is 0 Å². The first-order valence-electron chi connectivity index (χ1n) is 8.82. The Morgan fingerprint density at radius 3 is 2.22 bits per heavy atom. The molecule has 0 heterocycles. The van der Waals surface area contributed by atoms with Gasteiger partial charge < -0.3 is 25.2 Å². The minimum Gasteiger partial charge on any atom is -0.550 e. The lowest BCUT2D eigenvalue weighted by Crippen LogP contribution is -2.25. The maximum atomic E-state index is 10.2. The van der Waals surface area contributed by atoms with E-state index in [0.29, 0.717) is 32.1 Å². The molecule has 0 aliphatic carbocycles. The van der Waals surface area contributed by atoms with E-state index in [1.165, 1.54) is 0 Å². The Bertz CT molecular complexity index is 315. The van der Waals surface area contributed by atoms with Crippen LogP contribution in [0.5, 0.6) is 0 Å². The number of hydrogen-bond donors (Lipinski definition) is 3. The lowest BCUT2D eigenvalue weighted by Gasteiger charge is -2.16. The van der Waals surface area contributed by atoms with Crippen LogP contribution in [0, 0.1) is 0 Å². The lowest BCUT2D eigenvalue weighted by molar-refractivity contribution is -0.305. The zero-order valence-electron chi connectivity index (χ0n) is 14.3. The standard InChI is InChI=1S/C18H34O5/c1-15(19)11-10-13-17(21)16(20)12-8-6-4-2-3-5-7-9-14-18(22)23/h6,8,15-17,19-21H,2-5,7,9-14H2,1H3,(H,22,23)/p-1/b8-6-. The average Bonchev–Trinajstić information content (AvgIpc) is 2.48. The molecule has 3 unspecified atom stereocenters. The van der Waals surface area contributed by atoms with Gasteiger partial charge in [0.05, 0.1) is 18.3 Å². The Balaban J connectivity index is 3.48. The van der Waals surface area contributed by atoms with Gasteiger partial charge in [-0.25, -0.2) is 0 Å². The van der Waals surface area contributed by atoms with Crippen LogP contribution in [0.2, 0.25) is 0 Å². The predicted molar refractivity (Wildman–Crippen MR) is 88.6 cm³/mol. The van der Waals surface area contributed by atoms with Gasteiger partial charge in [-0.1, -0.05) is 31.4 Å². The SMILES string of the molecule is CC(O)CCCC(O)C(O)C/C=C\CCCCCCCC(=O)[O-]. The van der Waals surface area contributed by atoms with Crippen LogP contribution in [-0.4, -0.2) is 39.6 Å². The summed E-state index contributed by atoms with van der Waals surface area (Å²) in [5, 5.41) is 39.0. The predicted octanol–water partition coefficient (Wildman–Crippen LogP) is 1.69. The number of carboxylic acid groups (broad SMARTS) is 1. The van der Waals surface area contributed by atoms with Crippen LogP contribution >= 0.6 is 0 Å². The molecule has 0 aliphatic rings. The molecule has 136 valence electrons. The summed E-state index contributed by atoms with van der Waals surface area (Å²) in [5.74, 6) is -0.973. The van der Waals surface area contributed by atoms with Crippen molar-refractivity contribution in [1.29, 1.82) is 0 Å². The van der Waals surface area contributed by atoms with Crippen LogP contribution < -0.4 is 5.11 Å². The molecule has 0 aliphatic heterocycles. The third-order valence-corrected chi connectivity index (χ3v) is 3.86. The number of aliphatic hydroxyl groups is 3. The molecule has 0 aromatic heterocycles. The molecule has 0 rings (SSSR count). The number of carboxylic acids is 1. The van der Waals surface area contributed by atoms with Crippen molar-refractivity contribution in [3.63, 3.8) is 0 Å². The quantitative estimate of drug-likeness (QED) is 0.313. The van der Waals surface area contributed by atoms with Crippen molar-refractivity contribution in [2.75, 3.05) is 0 Å². The minimum atomic E-state index is -0.973. The van der Waals surface area contributed by atoms with E-state index < -0.39 is 18.2 Å². The molecule has 0 saturated carbocycles. The summed E-state index contributed by atoms with van der Waals surface area (Å²) in [4.78, 5) is 10.2. The van der Waals surface area contributed by atoms with Gasteiger partial charge in [-0.15, -0.1) is 0 Å². The van der Waals surface area contributed by atoms with Gasteiger partial charge in [0.15, 0.2) is 0 Å². The van der Waals surface area contributed by atoms with Crippen molar-refractivity contribution in [3.05, 3.63) is 12.2 Å². The normalized spacial score (nSPS) is 15.7. The Hall–Kier alpha value is -0.910. The van der Waals surface area contributed by atoms with Crippen molar-refractivity contribution in [2.24, 2.45) is 0 Å². The van der Waals surface area contributed by atoms with E-state index in [2.05, 4.69) is 0 Å². The number of carbonyl (C=O) groups excluding carboxylic acids is 1. The smallest absolute Gasteiger partial charge is 0.0833 e. The van der Waals surface area contributed by atoms with Gasteiger partial charge in [0.2, 0.25) is 0 Å². The Morgan fingerprint density at radius 1 is 0.913 bits per heavy atom. The van der Waals surface area contributed by atoms with Gasteiger partial charge in [0, 0.05) is 5.97 Å². The van der Waals surface area contributed by atoms with Crippen LogP contribution in [0.25, 0.3) is 0 Å². The molecule has 0 bridgehead atoms. The third-order valence-electron chi connectivity index (χ3n) is 3.86.